The average molecular weight is 218 g/mol. The molecule has 0 bridgehead atoms. The van der Waals surface area contributed by atoms with Gasteiger partial charge in [-0.1, -0.05) is 59.3 Å². The predicted octanol–water partition coefficient (Wildman–Crippen LogP) is 1.45. The van der Waals surface area contributed by atoms with Crippen LogP contribution in [-0.4, -0.2) is 0 Å². The Morgan fingerprint density at radius 1 is 1.00 bits per heavy atom. The normalized spacial score (nSPS) is 17.3. The maximum Gasteiger partial charge on any atom is 1.00 e. The Bertz CT molecular complexity index is 261. The van der Waals surface area contributed by atoms with Crippen LogP contribution in [0.15, 0.2) is 23.3 Å². The van der Waals surface area contributed by atoms with Crippen molar-refractivity contribution in [3.8, 4) is 0 Å². The van der Waals surface area contributed by atoms with Crippen LogP contribution in [0.25, 0.3) is 0 Å². The molecule has 0 aliphatic heterocycles. The molecule has 0 nitrogen and oxygen atoms in total. The predicted molar refractivity (Wildman–Crippen MR) is 60.8 cm³/mol. The first kappa shape index (κ1) is 15.1. The van der Waals surface area contributed by atoms with Gasteiger partial charge in [-0.05, 0) is 22.8 Å². The molecule has 0 heterocycles. The molecular formula is C13H23K. The van der Waals surface area contributed by atoms with Gasteiger partial charge in [0.1, 0.15) is 0 Å². The third-order valence-electron chi connectivity index (χ3n) is 2.70. The molecule has 0 atom stereocenters. The molecule has 0 aromatic carbocycles. The van der Waals surface area contributed by atoms with Crippen LogP contribution in [0.5, 0.6) is 0 Å². The molecule has 1 aliphatic carbocycles. The molecule has 14 heavy (non-hydrogen) atoms. The minimum Gasteiger partial charge on any atom is -1.00 e. The van der Waals surface area contributed by atoms with Gasteiger partial charge in [0.2, 0.25) is 0 Å². The summed E-state index contributed by atoms with van der Waals surface area (Å²) in [6.45, 7) is 13.7. The van der Waals surface area contributed by atoms with Gasteiger partial charge in [-0.15, -0.1) is 0 Å². The Morgan fingerprint density at radius 3 is 1.71 bits per heavy atom. The van der Waals surface area contributed by atoms with E-state index in [9.17, 15) is 0 Å². The van der Waals surface area contributed by atoms with E-state index in [0.717, 1.165) is 6.42 Å². The van der Waals surface area contributed by atoms with E-state index in [2.05, 4.69) is 53.7 Å². The molecule has 1 heteroatoms. The molecule has 0 saturated heterocycles. The Labute approximate surface area is 133 Å². The van der Waals surface area contributed by atoms with Crippen LogP contribution in [0.4, 0.5) is 0 Å². The maximum atomic E-state index is 2.39. The van der Waals surface area contributed by atoms with E-state index in [0.29, 0.717) is 10.8 Å². The fourth-order valence-electron chi connectivity index (χ4n) is 1.57. The van der Waals surface area contributed by atoms with Gasteiger partial charge in [0.15, 0.2) is 0 Å². The quantitative estimate of drug-likeness (QED) is 0.540. The van der Waals surface area contributed by atoms with Crippen molar-refractivity contribution in [1.29, 1.82) is 0 Å². The van der Waals surface area contributed by atoms with Crippen LogP contribution in [-0.2, 0) is 0 Å². The summed E-state index contributed by atoms with van der Waals surface area (Å²) in [5.74, 6) is 0. The van der Waals surface area contributed by atoms with Gasteiger partial charge in [-0.3, -0.25) is 0 Å². The second-order valence-corrected chi connectivity index (χ2v) is 6.03. The van der Waals surface area contributed by atoms with Gasteiger partial charge in [0.05, 0.1) is 0 Å². The number of hydrogen-bond donors (Lipinski definition) is 0. The second-order valence-electron chi connectivity index (χ2n) is 6.03. The van der Waals surface area contributed by atoms with Gasteiger partial charge in [-0.2, -0.15) is 0 Å². The number of rotatable bonds is 0. The molecule has 1 aliphatic rings. The summed E-state index contributed by atoms with van der Waals surface area (Å²) < 4.78 is 0. The molecule has 0 fully saturated rings. The fraction of sp³-hybridized carbons (Fsp3) is 0.692. The summed E-state index contributed by atoms with van der Waals surface area (Å²) >= 11 is 0. The largest absolute Gasteiger partial charge is 1.00 e. The van der Waals surface area contributed by atoms with Crippen molar-refractivity contribution >= 4 is 0 Å². The smallest absolute Gasteiger partial charge is 1.00 e. The molecule has 0 saturated carbocycles. The van der Waals surface area contributed by atoms with E-state index in [-0.39, 0.29) is 52.8 Å². The summed E-state index contributed by atoms with van der Waals surface area (Å²) in [7, 11) is 0. The first-order chi connectivity index (χ1) is 5.71. The topological polar surface area (TPSA) is 0 Å². The molecular weight excluding hydrogens is 195 g/mol. The van der Waals surface area contributed by atoms with Crippen LogP contribution in [0.3, 0.4) is 0 Å². The zero-order valence-corrected chi connectivity index (χ0v) is 14.0. The summed E-state index contributed by atoms with van der Waals surface area (Å²) in [6, 6.07) is 0. The van der Waals surface area contributed by atoms with Crippen molar-refractivity contribution in [2.75, 3.05) is 0 Å². The SMILES string of the molecule is CC(C)(C)C1=CCC(C(C)(C)C)=C1.[H-].[K+]. The number of hydrogen-bond acceptors (Lipinski definition) is 0. The molecule has 1 rings (SSSR count). The van der Waals surface area contributed by atoms with Gasteiger partial charge in [0, 0.05) is 0 Å². The molecule has 0 N–H and O–H groups in total. The van der Waals surface area contributed by atoms with Crippen LogP contribution in [0, 0.1) is 10.8 Å². The summed E-state index contributed by atoms with van der Waals surface area (Å²) in [5, 5.41) is 0. The maximum absolute atomic E-state index is 2.39. The van der Waals surface area contributed by atoms with Crippen molar-refractivity contribution in [2.24, 2.45) is 10.8 Å². The van der Waals surface area contributed by atoms with Crippen LogP contribution in [0.2, 0.25) is 0 Å². The van der Waals surface area contributed by atoms with E-state index in [4.69, 9.17) is 0 Å². The summed E-state index contributed by atoms with van der Waals surface area (Å²) in [4.78, 5) is 0. The van der Waals surface area contributed by atoms with Crippen LogP contribution < -0.4 is 51.4 Å². The van der Waals surface area contributed by atoms with Crippen LogP contribution in [0.1, 0.15) is 49.4 Å². The molecule has 0 amide bonds. The van der Waals surface area contributed by atoms with Crippen molar-refractivity contribution in [3.05, 3.63) is 23.3 Å². The second kappa shape index (κ2) is 4.97. The van der Waals surface area contributed by atoms with E-state index >= 15 is 0 Å². The van der Waals surface area contributed by atoms with Crippen molar-refractivity contribution in [3.63, 3.8) is 0 Å². The molecule has 76 valence electrons. The zero-order valence-electron chi connectivity index (χ0n) is 11.9. The zero-order chi connectivity index (χ0) is 10.3. The Hall–Kier alpha value is 1.12. The van der Waals surface area contributed by atoms with Gasteiger partial charge in [-0.25, -0.2) is 0 Å². The molecule has 0 unspecified atom stereocenters. The third kappa shape index (κ3) is 3.94. The minimum absolute atomic E-state index is 0. The number of allylic oxidation sites excluding steroid dienone is 4. The monoisotopic (exact) mass is 218 g/mol. The first-order valence-corrected chi connectivity index (χ1v) is 5.13. The van der Waals surface area contributed by atoms with E-state index in [1.165, 1.54) is 5.57 Å². The Morgan fingerprint density at radius 2 is 1.50 bits per heavy atom. The summed E-state index contributed by atoms with van der Waals surface area (Å²) in [6.07, 6.45) is 5.91. The van der Waals surface area contributed by atoms with E-state index < -0.39 is 0 Å². The Balaban J connectivity index is 0. The third-order valence-corrected chi connectivity index (χ3v) is 2.70. The Kier molecular flexibility index (Phi) is 5.36. The van der Waals surface area contributed by atoms with Gasteiger partial charge >= 0.3 is 51.4 Å². The molecule has 0 spiro atoms. The van der Waals surface area contributed by atoms with Crippen molar-refractivity contribution in [2.45, 2.75) is 48.0 Å². The molecule has 0 aromatic heterocycles. The van der Waals surface area contributed by atoms with Gasteiger partial charge in [0.25, 0.3) is 0 Å². The average Bonchev–Trinajstić information content (AvgIpc) is 2.28. The first-order valence-electron chi connectivity index (χ1n) is 5.13. The van der Waals surface area contributed by atoms with Gasteiger partial charge < -0.3 is 1.43 Å². The van der Waals surface area contributed by atoms with Crippen molar-refractivity contribution < 1.29 is 52.8 Å². The molecule has 0 radical (unpaired) electrons. The molecule has 0 aromatic rings. The van der Waals surface area contributed by atoms with E-state index in [1.807, 2.05) is 0 Å². The van der Waals surface area contributed by atoms with Crippen LogP contribution >= 0.6 is 0 Å². The minimum atomic E-state index is 0. The summed E-state index contributed by atoms with van der Waals surface area (Å²) in [5.41, 5.74) is 3.71. The fourth-order valence-corrected chi connectivity index (χ4v) is 1.57. The standard InChI is InChI=1S/C13H22.K.H/c1-12(2,3)10-7-8-11(9-10)13(4,5)6;;/h7,9H,8H2,1-6H3;;/q;+1;-1. The van der Waals surface area contributed by atoms with E-state index in [1.54, 1.807) is 5.57 Å². The van der Waals surface area contributed by atoms with Crippen molar-refractivity contribution in [1.82, 2.24) is 0 Å².